The lowest BCUT2D eigenvalue weighted by atomic mass is 10.2. The van der Waals surface area contributed by atoms with Gasteiger partial charge in [-0.15, -0.1) is 0 Å². The largest absolute Gasteiger partial charge is 0.486 e. The van der Waals surface area contributed by atoms with Gasteiger partial charge in [-0.3, -0.25) is 0 Å². The molecule has 0 saturated carbocycles. The van der Waals surface area contributed by atoms with E-state index in [1.165, 1.54) is 0 Å². The molecule has 1 atom stereocenters. The lowest BCUT2D eigenvalue weighted by Gasteiger charge is -2.26. The van der Waals surface area contributed by atoms with Gasteiger partial charge in [0.05, 0.1) is 12.8 Å². The average molecular weight is 243 g/mol. The van der Waals surface area contributed by atoms with Crippen molar-refractivity contribution >= 4 is 10.0 Å². The van der Waals surface area contributed by atoms with Crippen molar-refractivity contribution in [2.24, 2.45) is 0 Å². The molecule has 1 N–H and O–H groups in total. The third kappa shape index (κ3) is 2.86. The van der Waals surface area contributed by atoms with Crippen molar-refractivity contribution in [2.45, 2.75) is 6.10 Å². The van der Waals surface area contributed by atoms with Gasteiger partial charge in [0.2, 0.25) is 10.0 Å². The molecule has 2 rings (SSSR count). The predicted octanol–water partition coefficient (Wildman–Crippen LogP) is 0.376. The second-order valence-electron chi connectivity index (χ2n) is 3.62. The molecule has 0 bridgehead atoms. The molecular weight excluding hydrogens is 230 g/mol. The Kier molecular flexibility index (Phi) is 3.02. The molecule has 16 heavy (non-hydrogen) atoms. The Balaban J connectivity index is 1.98. The average Bonchev–Trinajstić information content (AvgIpc) is 2.25. The summed E-state index contributed by atoms with van der Waals surface area (Å²) in [5, 5.41) is 0. The fraction of sp³-hybridized carbons (Fsp3) is 0.400. The topological polar surface area (TPSA) is 64.6 Å². The molecule has 0 aliphatic carbocycles. The first-order chi connectivity index (χ1) is 7.54. The molecule has 1 aliphatic rings. The summed E-state index contributed by atoms with van der Waals surface area (Å²) >= 11 is 0. The number of nitrogens with one attached hydrogen (secondary N) is 1. The Labute approximate surface area is 94.4 Å². The van der Waals surface area contributed by atoms with Gasteiger partial charge in [-0.25, -0.2) is 13.1 Å². The van der Waals surface area contributed by atoms with E-state index < -0.39 is 10.0 Å². The first-order valence-electron chi connectivity index (χ1n) is 4.88. The Morgan fingerprint density at radius 3 is 2.75 bits per heavy atom. The number of benzene rings is 1. The number of sulfonamides is 1. The summed E-state index contributed by atoms with van der Waals surface area (Å²) in [5.41, 5.74) is 0. The highest BCUT2D eigenvalue weighted by Crippen LogP contribution is 2.30. The number of rotatable bonds is 3. The van der Waals surface area contributed by atoms with Crippen LogP contribution in [0.1, 0.15) is 0 Å². The van der Waals surface area contributed by atoms with E-state index in [0.717, 1.165) is 6.26 Å². The second-order valence-corrected chi connectivity index (χ2v) is 5.45. The molecule has 1 aromatic rings. The van der Waals surface area contributed by atoms with Crippen LogP contribution >= 0.6 is 0 Å². The number of hydrogen-bond acceptors (Lipinski definition) is 4. The molecule has 0 amide bonds. The fourth-order valence-corrected chi connectivity index (χ4v) is 1.90. The predicted molar refractivity (Wildman–Crippen MR) is 59.2 cm³/mol. The van der Waals surface area contributed by atoms with Gasteiger partial charge in [0, 0.05) is 0 Å². The maximum atomic E-state index is 10.9. The summed E-state index contributed by atoms with van der Waals surface area (Å²) in [5.74, 6) is 1.34. The molecule has 0 aromatic heterocycles. The molecule has 1 heterocycles. The first-order valence-corrected chi connectivity index (χ1v) is 6.77. The van der Waals surface area contributed by atoms with Gasteiger partial charge in [0.1, 0.15) is 12.7 Å². The Bertz CT molecular complexity index is 471. The number of hydrogen-bond donors (Lipinski definition) is 1. The van der Waals surface area contributed by atoms with Gasteiger partial charge in [-0.2, -0.15) is 0 Å². The van der Waals surface area contributed by atoms with Gasteiger partial charge in [-0.1, -0.05) is 12.1 Å². The standard InChI is InChI=1S/C10H13NO4S/c1-16(12,13)11-6-8-7-14-9-4-2-3-5-10(9)15-8/h2-5,8,11H,6-7H2,1H3/t8-/m1/s1. The monoisotopic (exact) mass is 243 g/mol. The smallest absolute Gasteiger partial charge is 0.208 e. The third-order valence-electron chi connectivity index (χ3n) is 2.14. The van der Waals surface area contributed by atoms with E-state index in [9.17, 15) is 8.42 Å². The van der Waals surface area contributed by atoms with E-state index in [1.54, 1.807) is 6.07 Å². The molecule has 1 aromatic carbocycles. The van der Waals surface area contributed by atoms with Crippen molar-refractivity contribution < 1.29 is 17.9 Å². The summed E-state index contributed by atoms with van der Waals surface area (Å²) in [4.78, 5) is 0. The highest BCUT2D eigenvalue weighted by Gasteiger charge is 2.21. The quantitative estimate of drug-likeness (QED) is 0.833. The van der Waals surface area contributed by atoms with Crippen LogP contribution in [0.2, 0.25) is 0 Å². The van der Waals surface area contributed by atoms with Crippen LogP contribution in [0.4, 0.5) is 0 Å². The van der Waals surface area contributed by atoms with E-state index >= 15 is 0 Å². The SMILES string of the molecule is CS(=O)(=O)NC[C@@H]1COc2ccccc2O1. The van der Waals surface area contributed by atoms with Crippen molar-refractivity contribution in [3.05, 3.63) is 24.3 Å². The van der Waals surface area contributed by atoms with Crippen LogP contribution in [-0.4, -0.2) is 33.9 Å². The second kappa shape index (κ2) is 4.31. The third-order valence-corrected chi connectivity index (χ3v) is 2.83. The van der Waals surface area contributed by atoms with Gasteiger partial charge >= 0.3 is 0 Å². The summed E-state index contributed by atoms with van der Waals surface area (Å²) < 4.78 is 35.2. The van der Waals surface area contributed by atoms with Crippen LogP contribution < -0.4 is 14.2 Å². The normalized spacial score (nSPS) is 19.4. The molecule has 0 spiro atoms. The van der Waals surface area contributed by atoms with Crippen molar-refractivity contribution in [2.75, 3.05) is 19.4 Å². The van der Waals surface area contributed by atoms with Gasteiger partial charge in [-0.05, 0) is 12.1 Å². The zero-order valence-electron chi connectivity index (χ0n) is 8.84. The summed E-state index contributed by atoms with van der Waals surface area (Å²) in [6.07, 6.45) is 0.828. The van der Waals surface area contributed by atoms with E-state index in [-0.39, 0.29) is 12.6 Å². The molecule has 0 radical (unpaired) electrons. The van der Waals surface area contributed by atoms with Crippen LogP contribution in [0.5, 0.6) is 11.5 Å². The van der Waals surface area contributed by atoms with Crippen molar-refractivity contribution in [1.82, 2.24) is 4.72 Å². The van der Waals surface area contributed by atoms with Crippen molar-refractivity contribution in [1.29, 1.82) is 0 Å². The minimum atomic E-state index is -3.19. The minimum absolute atomic E-state index is 0.215. The number of para-hydroxylation sites is 2. The fourth-order valence-electron chi connectivity index (χ4n) is 1.41. The zero-order chi connectivity index (χ0) is 11.6. The molecular formula is C10H13NO4S. The van der Waals surface area contributed by atoms with Gasteiger partial charge < -0.3 is 9.47 Å². The number of fused-ring (bicyclic) bond motifs is 1. The van der Waals surface area contributed by atoms with Crippen LogP contribution in [0.3, 0.4) is 0 Å². The summed E-state index contributed by atoms with van der Waals surface area (Å²) in [6, 6.07) is 7.31. The molecule has 1 aliphatic heterocycles. The molecule has 0 saturated heterocycles. The Morgan fingerprint density at radius 2 is 2.06 bits per heavy atom. The molecule has 6 heteroatoms. The maximum absolute atomic E-state index is 10.9. The Morgan fingerprint density at radius 1 is 1.38 bits per heavy atom. The molecule has 0 unspecified atom stereocenters. The highest BCUT2D eigenvalue weighted by molar-refractivity contribution is 7.88. The van der Waals surface area contributed by atoms with E-state index in [4.69, 9.17) is 9.47 Å². The van der Waals surface area contributed by atoms with Gasteiger partial charge in [0.15, 0.2) is 11.5 Å². The molecule has 88 valence electrons. The summed E-state index contributed by atoms with van der Waals surface area (Å²) in [6.45, 7) is 0.562. The summed E-state index contributed by atoms with van der Waals surface area (Å²) in [7, 11) is -3.19. The van der Waals surface area contributed by atoms with E-state index in [1.807, 2.05) is 18.2 Å². The van der Waals surface area contributed by atoms with Crippen LogP contribution in [0, 0.1) is 0 Å². The van der Waals surface area contributed by atoms with Crippen molar-refractivity contribution in [3.63, 3.8) is 0 Å². The lowest BCUT2D eigenvalue weighted by molar-refractivity contribution is 0.0943. The lowest BCUT2D eigenvalue weighted by Crippen LogP contribution is -2.40. The Hall–Kier alpha value is -1.27. The minimum Gasteiger partial charge on any atom is -0.486 e. The first kappa shape index (κ1) is 11.2. The number of ether oxygens (including phenoxy) is 2. The molecule has 5 nitrogen and oxygen atoms in total. The van der Waals surface area contributed by atoms with Crippen LogP contribution in [-0.2, 0) is 10.0 Å². The maximum Gasteiger partial charge on any atom is 0.208 e. The van der Waals surface area contributed by atoms with Crippen LogP contribution in [0.25, 0.3) is 0 Å². The highest BCUT2D eigenvalue weighted by atomic mass is 32.2. The van der Waals surface area contributed by atoms with E-state index in [0.29, 0.717) is 18.1 Å². The zero-order valence-corrected chi connectivity index (χ0v) is 9.66. The van der Waals surface area contributed by atoms with Crippen LogP contribution in [0.15, 0.2) is 24.3 Å². The van der Waals surface area contributed by atoms with E-state index in [2.05, 4.69) is 4.72 Å². The van der Waals surface area contributed by atoms with Crippen molar-refractivity contribution in [3.8, 4) is 11.5 Å². The van der Waals surface area contributed by atoms with Gasteiger partial charge in [0.25, 0.3) is 0 Å². The molecule has 0 fully saturated rings.